The molecule has 222 valence electrons. The average Bonchev–Trinajstić information content (AvgIpc) is 3.17. The third-order valence-corrected chi connectivity index (χ3v) is 9.92. The minimum atomic E-state index is -2.22. The number of aliphatic hydroxyl groups is 1. The molecule has 2 bridgehead atoms. The zero-order valence-corrected chi connectivity index (χ0v) is 26.8. The SMILES string of the molecule is CC(C)=CCC[C@]1(C)[C@@H](CC=C(C)C)C[C@]2(CC=C(C)C)C(=O)[C@@]3(CC=C(C)C)OC2(O)[C@]1(C(=O)C(C)C)C3=O. The highest BCUT2D eigenvalue weighted by atomic mass is 16.7. The fraction of sp³-hybridized carbons (Fsp3) is 0.686. The number of allylic oxidation sites excluding steroid dienone is 7. The normalized spacial score (nSPS) is 36.0. The molecule has 0 amide bonds. The van der Waals surface area contributed by atoms with E-state index in [0.29, 0.717) is 25.7 Å². The van der Waals surface area contributed by atoms with Crippen LogP contribution in [0.2, 0.25) is 0 Å². The predicted molar refractivity (Wildman–Crippen MR) is 161 cm³/mol. The van der Waals surface area contributed by atoms with Gasteiger partial charge in [0.1, 0.15) is 0 Å². The Balaban J connectivity index is 2.48. The summed E-state index contributed by atoms with van der Waals surface area (Å²) >= 11 is 0. The Hall–Kier alpha value is -2.11. The zero-order valence-electron chi connectivity index (χ0n) is 26.8. The summed E-state index contributed by atoms with van der Waals surface area (Å²) in [5.41, 5.74) is -1.80. The van der Waals surface area contributed by atoms with Crippen molar-refractivity contribution in [2.45, 2.75) is 126 Å². The first kappa shape index (κ1) is 32.4. The van der Waals surface area contributed by atoms with E-state index < -0.39 is 39.3 Å². The van der Waals surface area contributed by atoms with Crippen LogP contribution in [0.25, 0.3) is 0 Å². The highest BCUT2D eigenvalue weighted by Gasteiger charge is 2.94. The van der Waals surface area contributed by atoms with Gasteiger partial charge >= 0.3 is 0 Å². The van der Waals surface area contributed by atoms with Gasteiger partial charge in [-0.1, -0.05) is 67.4 Å². The van der Waals surface area contributed by atoms with Gasteiger partial charge in [-0.15, -0.1) is 0 Å². The van der Waals surface area contributed by atoms with Crippen LogP contribution in [0.15, 0.2) is 46.6 Å². The van der Waals surface area contributed by atoms with Crippen molar-refractivity contribution in [2.24, 2.45) is 28.1 Å². The molecule has 1 saturated carbocycles. The Labute approximate surface area is 242 Å². The van der Waals surface area contributed by atoms with Crippen molar-refractivity contribution < 1.29 is 24.2 Å². The van der Waals surface area contributed by atoms with Crippen molar-refractivity contribution >= 4 is 17.3 Å². The average molecular weight is 553 g/mol. The Morgan fingerprint density at radius 2 is 1.40 bits per heavy atom. The second-order valence-corrected chi connectivity index (χ2v) is 14.2. The molecule has 0 aromatic carbocycles. The van der Waals surface area contributed by atoms with Gasteiger partial charge in [-0.25, -0.2) is 0 Å². The number of carbonyl (C=O) groups is 3. The maximum atomic E-state index is 15.1. The van der Waals surface area contributed by atoms with Crippen LogP contribution in [0, 0.1) is 28.1 Å². The lowest BCUT2D eigenvalue weighted by Gasteiger charge is -2.64. The van der Waals surface area contributed by atoms with Crippen LogP contribution >= 0.6 is 0 Å². The second-order valence-electron chi connectivity index (χ2n) is 14.2. The lowest BCUT2D eigenvalue weighted by Crippen LogP contribution is -2.78. The molecule has 5 heteroatoms. The van der Waals surface area contributed by atoms with E-state index in [4.69, 9.17) is 4.74 Å². The van der Waals surface area contributed by atoms with E-state index in [1.807, 2.05) is 74.5 Å². The number of hydrogen-bond donors (Lipinski definition) is 1. The topological polar surface area (TPSA) is 80.7 Å². The molecular formula is C35H52O5. The minimum Gasteiger partial charge on any atom is -0.363 e. The molecule has 3 fully saturated rings. The summed E-state index contributed by atoms with van der Waals surface area (Å²) in [5.74, 6) is -4.13. The molecule has 1 unspecified atom stereocenters. The van der Waals surface area contributed by atoms with Crippen molar-refractivity contribution in [2.75, 3.05) is 0 Å². The van der Waals surface area contributed by atoms with Gasteiger partial charge < -0.3 is 9.84 Å². The summed E-state index contributed by atoms with van der Waals surface area (Å²) in [6.07, 6.45) is 10.5. The Kier molecular flexibility index (Phi) is 8.87. The monoisotopic (exact) mass is 552 g/mol. The van der Waals surface area contributed by atoms with Gasteiger partial charge in [-0.3, -0.25) is 14.4 Å². The summed E-state index contributed by atoms with van der Waals surface area (Å²) in [6, 6.07) is 0. The summed E-state index contributed by atoms with van der Waals surface area (Å²) in [6.45, 7) is 21.5. The van der Waals surface area contributed by atoms with Crippen molar-refractivity contribution in [3.8, 4) is 0 Å². The molecule has 40 heavy (non-hydrogen) atoms. The van der Waals surface area contributed by atoms with Gasteiger partial charge in [-0.05, 0) is 98.8 Å². The number of rotatable bonds is 11. The van der Waals surface area contributed by atoms with Gasteiger partial charge in [0, 0.05) is 12.3 Å². The summed E-state index contributed by atoms with van der Waals surface area (Å²) in [7, 11) is 0. The van der Waals surface area contributed by atoms with Crippen LogP contribution in [0.3, 0.4) is 0 Å². The molecule has 1 N–H and O–H groups in total. The molecule has 2 aliphatic heterocycles. The third-order valence-electron chi connectivity index (χ3n) is 9.92. The number of ketones is 3. The van der Waals surface area contributed by atoms with Crippen LogP contribution in [0.5, 0.6) is 0 Å². The molecule has 2 saturated heterocycles. The van der Waals surface area contributed by atoms with E-state index in [-0.39, 0.29) is 30.3 Å². The highest BCUT2D eigenvalue weighted by Crippen LogP contribution is 2.78. The maximum absolute atomic E-state index is 15.1. The molecule has 3 aliphatic rings. The Bertz CT molecular complexity index is 1180. The molecule has 6 atom stereocenters. The largest absolute Gasteiger partial charge is 0.363 e. The van der Waals surface area contributed by atoms with Gasteiger partial charge in [0.2, 0.25) is 5.79 Å². The molecular weight excluding hydrogens is 500 g/mol. The molecule has 0 aromatic heterocycles. The lowest BCUT2D eigenvalue weighted by atomic mass is 9.35. The van der Waals surface area contributed by atoms with Gasteiger partial charge in [0.25, 0.3) is 0 Å². The molecule has 3 rings (SSSR count). The number of hydrogen-bond acceptors (Lipinski definition) is 5. The van der Waals surface area contributed by atoms with E-state index in [2.05, 4.69) is 12.2 Å². The van der Waals surface area contributed by atoms with Crippen molar-refractivity contribution in [3.63, 3.8) is 0 Å². The lowest BCUT2D eigenvalue weighted by molar-refractivity contribution is -0.317. The van der Waals surface area contributed by atoms with Crippen molar-refractivity contribution in [3.05, 3.63) is 46.6 Å². The van der Waals surface area contributed by atoms with Crippen molar-refractivity contribution in [1.29, 1.82) is 0 Å². The molecule has 5 nitrogen and oxygen atoms in total. The minimum absolute atomic E-state index is 0.0295. The van der Waals surface area contributed by atoms with E-state index >= 15 is 4.79 Å². The van der Waals surface area contributed by atoms with E-state index in [1.165, 1.54) is 0 Å². The summed E-state index contributed by atoms with van der Waals surface area (Å²) in [4.78, 5) is 44.5. The smallest absolute Gasteiger partial charge is 0.201 e. The molecule has 1 aliphatic carbocycles. The first-order valence-electron chi connectivity index (χ1n) is 15.0. The maximum Gasteiger partial charge on any atom is 0.201 e. The number of carbonyl (C=O) groups excluding carboxylic acids is 3. The molecule has 0 spiro atoms. The molecule has 2 heterocycles. The quantitative estimate of drug-likeness (QED) is 0.210. The van der Waals surface area contributed by atoms with Crippen LogP contribution in [-0.4, -0.2) is 33.8 Å². The summed E-state index contributed by atoms with van der Waals surface area (Å²) in [5, 5.41) is 13.0. The molecule has 0 radical (unpaired) electrons. The van der Waals surface area contributed by atoms with Crippen LogP contribution in [0.4, 0.5) is 0 Å². The fourth-order valence-corrected chi connectivity index (χ4v) is 7.84. The van der Waals surface area contributed by atoms with Gasteiger partial charge in [-0.2, -0.15) is 0 Å². The summed E-state index contributed by atoms with van der Waals surface area (Å²) < 4.78 is 6.53. The van der Waals surface area contributed by atoms with Crippen molar-refractivity contribution in [1.82, 2.24) is 0 Å². The fourth-order valence-electron chi connectivity index (χ4n) is 7.84. The van der Waals surface area contributed by atoms with Crippen LogP contribution in [-0.2, 0) is 19.1 Å². The first-order chi connectivity index (χ1) is 18.4. The predicted octanol–water partition coefficient (Wildman–Crippen LogP) is 7.64. The second kappa shape index (κ2) is 10.9. The van der Waals surface area contributed by atoms with Crippen LogP contribution in [0.1, 0.15) is 115 Å². The Morgan fingerprint density at radius 3 is 1.90 bits per heavy atom. The number of Topliss-reactive ketones (excluding diaryl/α,β-unsaturated/α-hetero) is 3. The van der Waals surface area contributed by atoms with E-state index in [0.717, 1.165) is 22.3 Å². The molecule has 0 aromatic rings. The number of ether oxygens (including phenoxy) is 1. The van der Waals surface area contributed by atoms with Crippen LogP contribution < -0.4 is 0 Å². The zero-order chi connectivity index (χ0) is 30.5. The van der Waals surface area contributed by atoms with Gasteiger partial charge in [0.15, 0.2) is 28.4 Å². The third kappa shape index (κ3) is 4.38. The standard InChI is InChI=1S/C35H52O5/c1-22(2)13-12-18-31(11)27(15-14-23(3)4)21-32(19-16-24(5)6)29(37)33(20-17-25(7)8)30(38)34(31,28(36)26(9)10)35(32,39)40-33/h13-14,16-17,26-27,39H,12,15,18-21H2,1-11H3/t27-,31+,32+,33+,34+,35?/m0/s1. The van der Waals surface area contributed by atoms with E-state index in [9.17, 15) is 14.7 Å². The number of fused-ring (bicyclic) bond motifs is 1. The first-order valence-corrected chi connectivity index (χ1v) is 15.0. The van der Waals surface area contributed by atoms with E-state index in [1.54, 1.807) is 13.8 Å². The highest BCUT2D eigenvalue weighted by molar-refractivity contribution is 6.28. The van der Waals surface area contributed by atoms with Gasteiger partial charge in [0.05, 0.1) is 5.41 Å². The Morgan fingerprint density at radius 1 is 0.875 bits per heavy atom.